The fourth-order valence-electron chi connectivity index (χ4n) is 1.77. The lowest BCUT2D eigenvalue weighted by molar-refractivity contribution is 0.410. The molecule has 0 aliphatic rings. The second kappa shape index (κ2) is 6.45. The van der Waals surface area contributed by atoms with Gasteiger partial charge in [-0.15, -0.1) is 0 Å². The first-order valence-corrected chi connectivity index (χ1v) is 6.38. The first kappa shape index (κ1) is 13.7. The summed E-state index contributed by atoms with van der Waals surface area (Å²) in [7, 11) is 1.61. The highest BCUT2D eigenvalue weighted by molar-refractivity contribution is 6.30. The van der Waals surface area contributed by atoms with E-state index in [4.69, 9.17) is 16.3 Å². The van der Waals surface area contributed by atoms with Crippen LogP contribution in [-0.4, -0.2) is 12.2 Å². The van der Waals surface area contributed by atoms with Crippen LogP contribution >= 0.6 is 11.6 Å². The average molecular weight is 278 g/mol. The minimum atomic E-state index is 0.268. The van der Waals surface area contributed by atoms with Crippen LogP contribution in [-0.2, 0) is 13.1 Å². The molecule has 2 aromatic rings. The average Bonchev–Trinajstić information content (AvgIpc) is 2.43. The number of hydrogen-bond donors (Lipinski definition) is 2. The van der Waals surface area contributed by atoms with Crippen LogP contribution in [0.1, 0.15) is 11.1 Å². The predicted molar refractivity (Wildman–Crippen MR) is 76.7 cm³/mol. The lowest BCUT2D eigenvalue weighted by Gasteiger charge is -2.09. The van der Waals surface area contributed by atoms with E-state index >= 15 is 0 Å². The van der Waals surface area contributed by atoms with Crippen molar-refractivity contribution < 1.29 is 9.84 Å². The summed E-state index contributed by atoms with van der Waals surface area (Å²) in [6.45, 7) is 1.29. The smallest absolute Gasteiger partial charge is 0.120 e. The Bertz CT molecular complexity index is 540. The van der Waals surface area contributed by atoms with Crippen LogP contribution in [0.3, 0.4) is 0 Å². The Morgan fingerprint density at radius 1 is 1.11 bits per heavy atom. The number of phenols is 1. The normalized spacial score (nSPS) is 10.4. The van der Waals surface area contributed by atoms with Crippen molar-refractivity contribution in [2.75, 3.05) is 7.11 Å². The van der Waals surface area contributed by atoms with Crippen molar-refractivity contribution >= 4 is 11.6 Å². The molecule has 2 rings (SSSR count). The Labute approximate surface area is 117 Å². The molecule has 0 radical (unpaired) electrons. The Morgan fingerprint density at radius 2 is 1.84 bits per heavy atom. The van der Waals surface area contributed by atoms with Crippen LogP contribution in [0.15, 0.2) is 42.5 Å². The topological polar surface area (TPSA) is 41.5 Å². The van der Waals surface area contributed by atoms with Crippen molar-refractivity contribution in [1.29, 1.82) is 0 Å². The number of methoxy groups -OCH3 is 1. The molecule has 0 saturated carbocycles. The lowest BCUT2D eigenvalue weighted by atomic mass is 10.1. The molecule has 0 atom stereocenters. The number of nitrogens with one attached hydrogen (secondary N) is 1. The van der Waals surface area contributed by atoms with Gasteiger partial charge in [0, 0.05) is 23.7 Å². The minimum absolute atomic E-state index is 0.268. The van der Waals surface area contributed by atoms with Crippen molar-refractivity contribution in [1.82, 2.24) is 5.32 Å². The fraction of sp³-hybridized carbons (Fsp3) is 0.200. The Balaban J connectivity index is 1.93. The van der Waals surface area contributed by atoms with Gasteiger partial charge in [-0.05, 0) is 35.9 Å². The zero-order valence-electron chi connectivity index (χ0n) is 10.7. The van der Waals surface area contributed by atoms with E-state index in [1.165, 1.54) is 0 Å². The summed E-state index contributed by atoms with van der Waals surface area (Å²) in [6, 6.07) is 12.9. The molecular formula is C15H16ClNO2. The molecule has 19 heavy (non-hydrogen) atoms. The number of benzene rings is 2. The monoisotopic (exact) mass is 277 g/mol. The summed E-state index contributed by atoms with van der Waals surface area (Å²) < 4.78 is 5.13. The molecule has 0 aliphatic heterocycles. The number of rotatable bonds is 5. The van der Waals surface area contributed by atoms with E-state index in [0.29, 0.717) is 13.1 Å². The quantitative estimate of drug-likeness (QED) is 0.881. The Morgan fingerprint density at radius 3 is 2.53 bits per heavy atom. The van der Waals surface area contributed by atoms with Crippen molar-refractivity contribution in [3.63, 3.8) is 0 Å². The summed E-state index contributed by atoms with van der Waals surface area (Å²) in [5.74, 6) is 1.01. The summed E-state index contributed by atoms with van der Waals surface area (Å²) in [6.07, 6.45) is 0. The zero-order valence-corrected chi connectivity index (χ0v) is 11.4. The summed E-state index contributed by atoms with van der Waals surface area (Å²) in [4.78, 5) is 0. The second-order valence-electron chi connectivity index (χ2n) is 4.22. The van der Waals surface area contributed by atoms with E-state index in [-0.39, 0.29) is 5.75 Å². The van der Waals surface area contributed by atoms with Crippen LogP contribution < -0.4 is 10.1 Å². The molecule has 0 heterocycles. The Hall–Kier alpha value is -1.71. The maximum Gasteiger partial charge on any atom is 0.120 e. The number of aromatic hydroxyl groups is 1. The molecule has 0 aliphatic carbocycles. The summed E-state index contributed by atoms with van der Waals surface area (Å²) in [5, 5.41) is 13.8. The summed E-state index contributed by atoms with van der Waals surface area (Å²) >= 11 is 5.83. The third-order valence-corrected chi connectivity index (χ3v) is 3.10. The predicted octanol–water partition coefficient (Wildman–Crippen LogP) is 3.34. The first-order valence-electron chi connectivity index (χ1n) is 6.00. The van der Waals surface area contributed by atoms with E-state index in [2.05, 4.69) is 5.32 Å². The van der Waals surface area contributed by atoms with E-state index in [1.807, 2.05) is 30.3 Å². The highest BCUT2D eigenvalue weighted by atomic mass is 35.5. The van der Waals surface area contributed by atoms with Gasteiger partial charge in [0.1, 0.15) is 11.5 Å². The van der Waals surface area contributed by atoms with Gasteiger partial charge in [0.25, 0.3) is 0 Å². The highest BCUT2D eigenvalue weighted by Crippen LogP contribution is 2.22. The van der Waals surface area contributed by atoms with Crippen molar-refractivity contribution in [3.05, 3.63) is 58.6 Å². The molecule has 0 unspecified atom stereocenters. The molecule has 4 heteroatoms. The number of hydrogen-bond acceptors (Lipinski definition) is 3. The molecule has 0 saturated heterocycles. The van der Waals surface area contributed by atoms with Gasteiger partial charge in [-0.1, -0.05) is 23.7 Å². The molecule has 0 spiro atoms. The summed E-state index contributed by atoms with van der Waals surface area (Å²) in [5.41, 5.74) is 1.96. The van der Waals surface area contributed by atoms with Gasteiger partial charge >= 0.3 is 0 Å². The van der Waals surface area contributed by atoms with E-state index in [9.17, 15) is 5.11 Å². The van der Waals surface area contributed by atoms with Crippen LogP contribution in [0.4, 0.5) is 0 Å². The van der Waals surface area contributed by atoms with Crippen LogP contribution in [0, 0.1) is 0 Å². The second-order valence-corrected chi connectivity index (χ2v) is 4.66. The molecular weight excluding hydrogens is 262 g/mol. The van der Waals surface area contributed by atoms with E-state index < -0.39 is 0 Å². The fourth-order valence-corrected chi connectivity index (χ4v) is 1.90. The van der Waals surface area contributed by atoms with Gasteiger partial charge < -0.3 is 15.2 Å². The van der Waals surface area contributed by atoms with Gasteiger partial charge in [-0.25, -0.2) is 0 Å². The molecule has 0 amide bonds. The van der Waals surface area contributed by atoms with E-state index in [0.717, 1.165) is 21.9 Å². The van der Waals surface area contributed by atoms with Gasteiger partial charge in [-0.3, -0.25) is 0 Å². The number of phenolic OH excluding ortho intramolecular Hbond substituents is 1. The highest BCUT2D eigenvalue weighted by Gasteiger charge is 2.03. The third-order valence-electron chi connectivity index (χ3n) is 2.84. The molecule has 0 aromatic heterocycles. The van der Waals surface area contributed by atoms with Crippen LogP contribution in [0.2, 0.25) is 5.02 Å². The molecule has 100 valence electrons. The zero-order chi connectivity index (χ0) is 13.7. The lowest BCUT2D eigenvalue weighted by Crippen LogP contribution is -2.12. The minimum Gasteiger partial charge on any atom is -0.508 e. The molecule has 3 nitrogen and oxygen atoms in total. The van der Waals surface area contributed by atoms with E-state index in [1.54, 1.807) is 19.2 Å². The van der Waals surface area contributed by atoms with Crippen molar-refractivity contribution in [3.8, 4) is 11.5 Å². The van der Waals surface area contributed by atoms with Crippen molar-refractivity contribution in [2.24, 2.45) is 0 Å². The van der Waals surface area contributed by atoms with Gasteiger partial charge in [0.15, 0.2) is 0 Å². The van der Waals surface area contributed by atoms with Gasteiger partial charge in [-0.2, -0.15) is 0 Å². The SMILES string of the molecule is COc1ccc(O)c(CNCc2ccc(Cl)cc2)c1. The third kappa shape index (κ3) is 3.88. The van der Waals surface area contributed by atoms with Gasteiger partial charge in [0.05, 0.1) is 7.11 Å². The van der Waals surface area contributed by atoms with Crippen molar-refractivity contribution in [2.45, 2.75) is 13.1 Å². The van der Waals surface area contributed by atoms with Gasteiger partial charge in [0.2, 0.25) is 0 Å². The maximum absolute atomic E-state index is 9.75. The first-order chi connectivity index (χ1) is 9.19. The van der Waals surface area contributed by atoms with Crippen LogP contribution in [0.5, 0.6) is 11.5 Å². The molecule has 2 aromatic carbocycles. The number of halogens is 1. The number of ether oxygens (including phenoxy) is 1. The molecule has 0 bridgehead atoms. The molecule has 0 fully saturated rings. The van der Waals surface area contributed by atoms with Crippen LogP contribution in [0.25, 0.3) is 0 Å². The standard InChI is InChI=1S/C15H16ClNO2/c1-19-14-6-7-15(18)12(8-14)10-17-9-11-2-4-13(16)5-3-11/h2-8,17-18H,9-10H2,1H3. The molecule has 2 N–H and O–H groups in total. The largest absolute Gasteiger partial charge is 0.508 e. The Kier molecular flexibility index (Phi) is 4.66. The maximum atomic E-state index is 9.75.